The van der Waals surface area contributed by atoms with Crippen LogP contribution in [-0.4, -0.2) is 17.7 Å². The molecule has 6 aromatic rings. The Hall–Kier alpha value is -6.02. The molecule has 0 aliphatic heterocycles. The number of benzene rings is 5. The van der Waals surface area contributed by atoms with Crippen molar-refractivity contribution in [3.63, 3.8) is 0 Å². The second-order valence-corrected chi connectivity index (χ2v) is 11.6. The van der Waals surface area contributed by atoms with Gasteiger partial charge in [-0.3, -0.25) is 9.59 Å². The molecule has 0 saturated carbocycles. The zero-order valence-electron chi connectivity index (χ0n) is 27.1. The van der Waals surface area contributed by atoms with Gasteiger partial charge in [0.15, 0.2) is 17.3 Å². The van der Waals surface area contributed by atoms with Gasteiger partial charge in [0.25, 0.3) is 0 Å². The number of fused-ring (bicyclic) bond motifs is 1. The van der Waals surface area contributed by atoms with Crippen LogP contribution >= 0.6 is 0 Å². The summed E-state index contributed by atoms with van der Waals surface area (Å²) in [6.45, 7) is 2.77. The molecule has 0 bridgehead atoms. The third kappa shape index (κ3) is 8.48. The van der Waals surface area contributed by atoms with Crippen LogP contribution < -0.4 is 24.4 Å². The maximum absolute atomic E-state index is 14.3. The van der Waals surface area contributed by atoms with Gasteiger partial charge in [0.1, 0.15) is 36.5 Å². The Bertz CT molecular complexity index is 2070. The second-order valence-electron chi connectivity index (χ2n) is 11.6. The van der Waals surface area contributed by atoms with Crippen LogP contribution in [-0.2, 0) is 24.6 Å². The summed E-state index contributed by atoms with van der Waals surface area (Å²) < 4.78 is 31.2. The summed E-state index contributed by atoms with van der Waals surface area (Å²) in [6.07, 6.45) is 0.0962. The lowest BCUT2D eigenvalue weighted by Gasteiger charge is -2.17. The number of ether oxygens (including phenoxy) is 4. The van der Waals surface area contributed by atoms with E-state index in [0.29, 0.717) is 35.0 Å². The van der Waals surface area contributed by atoms with Gasteiger partial charge in [-0.1, -0.05) is 91.0 Å². The minimum Gasteiger partial charge on any atom is -0.488 e. The highest BCUT2D eigenvalue weighted by molar-refractivity contribution is 5.88. The minimum atomic E-state index is -0.951. The predicted octanol–water partition coefficient (Wildman–Crippen LogP) is 8.75. The topological polar surface area (TPSA) is 104 Å². The van der Waals surface area contributed by atoms with Gasteiger partial charge >= 0.3 is 5.97 Å². The molecule has 0 atom stereocenters. The zero-order chi connectivity index (χ0) is 34.0. The van der Waals surface area contributed by atoms with E-state index < -0.39 is 11.4 Å². The quantitative estimate of drug-likeness (QED) is 0.109. The minimum absolute atomic E-state index is 0.00271. The highest BCUT2D eigenvalue weighted by atomic mass is 16.5. The van der Waals surface area contributed by atoms with E-state index in [9.17, 15) is 14.7 Å². The molecule has 0 saturated heterocycles. The smallest absolute Gasteiger partial charge is 0.303 e. The highest BCUT2D eigenvalue weighted by Gasteiger charge is 2.23. The van der Waals surface area contributed by atoms with Gasteiger partial charge in [0.05, 0.1) is 6.61 Å². The van der Waals surface area contributed by atoms with Crippen molar-refractivity contribution in [2.75, 3.05) is 6.61 Å². The third-order valence-corrected chi connectivity index (χ3v) is 7.76. The van der Waals surface area contributed by atoms with Crippen molar-refractivity contribution in [1.29, 1.82) is 0 Å². The van der Waals surface area contributed by atoms with E-state index in [-0.39, 0.29) is 49.6 Å². The van der Waals surface area contributed by atoms with Gasteiger partial charge in [0.2, 0.25) is 11.2 Å². The van der Waals surface area contributed by atoms with Crippen molar-refractivity contribution in [2.24, 2.45) is 0 Å². The largest absolute Gasteiger partial charge is 0.488 e. The summed E-state index contributed by atoms with van der Waals surface area (Å²) in [7, 11) is 0. The summed E-state index contributed by atoms with van der Waals surface area (Å²) in [5, 5.41) is 9.42. The van der Waals surface area contributed by atoms with Gasteiger partial charge < -0.3 is 28.5 Å². The van der Waals surface area contributed by atoms with E-state index in [4.69, 9.17) is 23.4 Å². The molecule has 1 heterocycles. The first-order valence-electron chi connectivity index (χ1n) is 16.1. The molecule has 0 aliphatic carbocycles. The lowest BCUT2D eigenvalue weighted by atomic mass is 10.1. The molecule has 0 fully saturated rings. The molecule has 8 heteroatoms. The molecule has 5 aromatic carbocycles. The van der Waals surface area contributed by atoms with Crippen LogP contribution in [0.4, 0.5) is 0 Å². The number of carboxylic acids is 1. The number of carboxylic acid groups (broad SMARTS) is 1. The summed E-state index contributed by atoms with van der Waals surface area (Å²) in [4.78, 5) is 25.5. The molecule has 1 aromatic heterocycles. The molecule has 0 aliphatic rings. The number of aryl methyl sites for hydroxylation is 1. The Morgan fingerprint density at radius 2 is 1.20 bits per heavy atom. The van der Waals surface area contributed by atoms with Crippen LogP contribution in [0.3, 0.4) is 0 Å². The van der Waals surface area contributed by atoms with Crippen molar-refractivity contribution >= 4 is 16.9 Å². The molecule has 248 valence electrons. The third-order valence-electron chi connectivity index (χ3n) is 7.76. The fourth-order valence-electron chi connectivity index (χ4n) is 5.32. The van der Waals surface area contributed by atoms with Gasteiger partial charge in [-0.2, -0.15) is 0 Å². The molecule has 0 radical (unpaired) electrons. The van der Waals surface area contributed by atoms with Crippen LogP contribution in [0.2, 0.25) is 0 Å². The first-order chi connectivity index (χ1) is 23.9. The van der Waals surface area contributed by atoms with Gasteiger partial charge in [0, 0.05) is 12.0 Å². The molecule has 49 heavy (non-hydrogen) atoms. The Balaban J connectivity index is 1.41. The van der Waals surface area contributed by atoms with Crippen LogP contribution in [0, 0.1) is 6.92 Å². The van der Waals surface area contributed by atoms with E-state index in [2.05, 4.69) is 0 Å². The maximum Gasteiger partial charge on any atom is 0.303 e. The summed E-state index contributed by atoms with van der Waals surface area (Å²) in [5.74, 6) is 0.528. The standard InChI is InChI=1S/C41H36O8/c1-28-22-35(48-27-31-16-9-4-10-17-31)38-36(23-28)49-40(41(39(38)44)45-21-11-18-37(42)43)32-19-20-33(46-25-29-12-5-2-6-13-29)34(24-32)47-26-30-14-7-3-8-15-30/h2-10,12-17,19-20,22-24H,11,18,21,25-27H2,1H3,(H,42,43). The number of carbonyl (C=O) groups is 1. The van der Waals surface area contributed by atoms with Crippen LogP contribution in [0.5, 0.6) is 23.0 Å². The maximum atomic E-state index is 14.3. The highest BCUT2D eigenvalue weighted by Crippen LogP contribution is 2.39. The van der Waals surface area contributed by atoms with E-state index in [1.54, 1.807) is 30.3 Å². The molecule has 0 spiro atoms. The Kier molecular flexibility index (Phi) is 10.6. The van der Waals surface area contributed by atoms with E-state index in [0.717, 1.165) is 22.3 Å². The normalized spacial score (nSPS) is 10.9. The van der Waals surface area contributed by atoms with Gasteiger partial charge in [-0.05, 0) is 65.9 Å². The van der Waals surface area contributed by atoms with E-state index >= 15 is 0 Å². The van der Waals surface area contributed by atoms with Crippen molar-refractivity contribution in [1.82, 2.24) is 0 Å². The molecule has 0 amide bonds. The lowest BCUT2D eigenvalue weighted by Crippen LogP contribution is -2.13. The van der Waals surface area contributed by atoms with Crippen molar-refractivity contribution in [3.05, 3.63) is 154 Å². The first-order valence-corrected chi connectivity index (χ1v) is 16.1. The second kappa shape index (κ2) is 15.7. The summed E-state index contributed by atoms with van der Waals surface area (Å²) >= 11 is 0. The van der Waals surface area contributed by atoms with Crippen LogP contribution in [0.1, 0.15) is 35.1 Å². The van der Waals surface area contributed by atoms with Crippen molar-refractivity contribution < 1.29 is 33.3 Å². The van der Waals surface area contributed by atoms with Crippen LogP contribution in [0.15, 0.2) is 131 Å². The first kappa shape index (κ1) is 32.9. The number of hydrogen-bond acceptors (Lipinski definition) is 7. The van der Waals surface area contributed by atoms with Gasteiger partial charge in [-0.25, -0.2) is 0 Å². The number of rotatable bonds is 15. The van der Waals surface area contributed by atoms with Gasteiger partial charge in [-0.15, -0.1) is 0 Å². The monoisotopic (exact) mass is 656 g/mol. The van der Waals surface area contributed by atoms with Crippen molar-refractivity contribution in [2.45, 2.75) is 39.6 Å². The number of hydrogen-bond donors (Lipinski definition) is 1. The average Bonchev–Trinajstić information content (AvgIpc) is 3.12. The average molecular weight is 657 g/mol. The molecule has 8 nitrogen and oxygen atoms in total. The fraction of sp³-hybridized carbons (Fsp3) is 0.171. The Morgan fingerprint density at radius 3 is 1.78 bits per heavy atom. The molecular weight excluding hydrogens is 620 g/mol. The number of aliphatic carboxylic acids is 1. The van der Waals surface area contributed by atoms with E-state index in [1.807, 2.05) is 97.9 Å². The molecular formula is C41H36O8. The summed E-state index contributed by atoms with van der Waals surface area (Å²) in [6, 6.07) is 38.2. The summed E-state index contributed by atoms with van der Waals surface area (Å²) in [5.41, 5.74) is 4.19. The zero-order valence-corrected chi connectivity index (χ0v) is 27.1. The molecule has 6 rings (SSSR count). The Labute approximate surface area is 284 Å². The SMILES string of the molecule is Cc1cc(OCc2ccccc2)c2c(=O)c(OCCCC(=O)O)c(-c3ccc(OCc4ccccc4)c(OCc4ccccc4)c3)oc2c1. The van der Waals surface area contributed by atoms with Crippen molar-refractivity contribution in [3.8, 4) is 34.3 Å². The Morgan fingerprint density at radius 1 is 0.653 bits per heavy atom. The fourth-order valence-corrected chi connectivity index (χ4v) is 5.32. The van der Waals surface area contributed by atoms with Crippen LogP contribution in [0.25, 0.3) is 22.3 Å². The molecule has 0 unspecified atom stereocenters. The lowest BCUT2D eigenvalue weighted by molar-refractivity contribution is -0.137. The molecule has 1 N–H and O–H groups in total. The predicted molar refractivity (Wildman–Crippen MR) is 187 cm³/mol. The van der Waals surface area contributed by atoms with E-state index in [1.165, 1.54) is 0 Å².